The van der Waals surface area contributed by atoms with Gasteiger partial charge in [0.1, 0.15) is 18.0 Å². The van der Waals surface area contributed by atoms with Crippen LogP contribution in [0, 0.1) is 0 Å². The van der Waals surface area contributed by atoms with E-state index in [2.05, 4.69) is 0 Å². The van der Waals surface area contributed by atoms with Gasteiger partial charge in [0.05, 0.1) is 0 Å². The van der Waals surface area contributed by atoms with Gasteiger partial charge in [-0.15, -0.1) is 0 Å². The summed E-state index contributed by atoms with van der Waals surface area (Å²) in [5.74, 6) is 0.748. The Morgan fingerprint density at radius 2 is 1.62 bits per heavy atom. The third-order valence-electron chi connectivity index (χ3n) is 4.47. The first-order valence-corrected chi connectivity index (χ1v) is 9.23. The van der Waals surface area contributed by atoms with E-state index in [1.807, 2.05) is 61.5 Å². The molecule has 3 aromatic rings. The number of rotatable bonds is 6. The van der Waals surface area contributed by atoms with E-state index in [4.69, 9.17) is 27.9 Å². The zero-order valence-corrected chi connectivity index (χ0v) is 16.0. The lowest BCUT2D eigenvalue weighted by Gasteiger charge is -2.29. The van der Waals surface area contributed by atoms with Gasteiger partial charge in [-0.1, -0.05) is 78.7 Å². The summed E-state index contributed by atoms with van der Waals surface area (Å²) in [6.45, 7) is 2.42. The van der Waals surface area contributed by atoms with E-state index in [1.165, 1.54) is 0 Å². The fraction of sp³-hybridized carbons (Fsp3) is 0.182. The summed E-state index contributed by atoms with van der Waals surface area (Å²) in [5.41, 5.74) is 1.33. The molecule has 134 valence electrons. The molecule has 1 unspecified atom stereocenters. The van der Waals surface area contributed by atoms with Gasteiger partial charge in [0.2, 0.25) is 0 Å². The van der Waals surface area contributed by atoms with Crippen molar-refractivity contribution in [1.29, 1.82) is 0 Å². The maximum atomic E-state index is 11.3. The van der Waals surface area contributed by atoms with E-state index in [-0.39, 0.29) is 0 Å². The summed E-state index contributed by atoms with van der Waals surface area (Å²) in [6.07, 6.45) is 0.485. The van der Waals surface area contributed by atoms with Crippen molar-refractivity contribution in [3.05, 3.63) is 99.5 Å². The van der Waals surface area contributed by atoms with Gasteiger partial charge >= 0.3 is 0 Å². The second-order valence-corrected chi connectivity index (χ2v) is 6.98. The lowest BCUT2D eigenvalue weighted by Crippen LogP contribution is -2.26. The van der Waals surface area contributed by atoms with Crippen LogP contribution < -0.4 is 4.74 Å². The Morgan fingerprint density at radius 1 is 0.923 bits per heavy atom. The van der Waals surface area contributed by atoms with Crippen molar-refractivity contribution in [2.24, 2.45) is 0 Å². The maximum Gasteiger partial charge on any atom is 0.119 e. The van der Waals surface area contributed by atoms with Crippen LogP contribution in [-0.4, -0.2) is 5.11 Å². The van der Waals surface area contributed by atoms with E-state index < -0.39 is 5.60 Å². The second-order valence-electron chi connectivity index (χ2n) is 6.14. The summed E-state index contributed by atoms with van der Waals surface area (Å²) in [4.78, 5) is 0. The van der Waals surface area contributed by atoms with Gasteiger partial charge in [-0.25, -0.2) is 0 Å². The van der Waals surface area contributed by atoms with E-state index in [0.29, 0.717) is 28.6 Å². The number of hydrogen-bond donors (Lipinski definition) is 1. The highest BCUT2D eigenvalue weighted by Gasteiger charge is 2.31. The molecule has 0 saturated carbocycles. The molecule has 0 heterocycles. The van der Waals surface area contributed by atoms with Crippen molar-refractivity contribution < 1.29 is 9.84 Å². The van der Waals surface area contributed by atoms with Crippen molar-refractivity contribution in [3.8, 4) is 5.75 Å². The molecular weight excluding hydrogens is 367 g/mol. The third-order valence-corrected chi connectivity index (χ3v) is 5.02. The van der Waals surface area contributed by atoms with Gasteiger partial charge in [-0.3, -0.25) is 0 Å². The highest BCUT2D eigenvalue weighted by molar-refractivity contribution is 6.35. The topological polar surface area (TPSA) is 29.5 Å². The van der Waals surface area contributed by atoms with Crippen LogP contribution in [0.25, 0.3) is 0 Å². The van der Waals surface area contributed by atoms with Crippen LogP contribution in [-0.2, 0) is 12.2 Å². The molecule has 0 radical (unpaired) electrons. The van der Waals surface area contributed by atoms with Crippen molar-refractivity contribution >= 4 is 23.2 Å². The summed E-state index contributed by atoms with van der Waals surface area (Å²) in [5, 5.41) is 12.3. The van der Waals surface area contributed by atoms with Gasteiger partial charge in [0.15, 0.2) is 0 Å². The van der Waals surface area contributed by atoms with Crippen molar-refractivity contribution in [3.63, 3.8) is 0 Å². The maximum absolute atomic E-state index is 11.3. The van der Waals surface area contributed by atoms with Crippen molar-refractivity contribution in [2.75, 3.05) is 0 Å². The Hall–Kier alpha value is -2.00. The zero-order valence-electron chi connectivity index (χ0n) is 14.5. The largest absolute Gasteiger partial charge is 0.489 e. The average molecular weight is 387 g/mol. The fourth-order valence-corrected chi connectivity index (χ4v) is 3.51. The number of ether oxygens (including phenoxy) is 1. The number of hydrogen-bond acceptors (Lipinski definition) is 2. The third kappa shape index (κ3) is 4.04. The average Bonchev–Trinajstić information content (AvgIpc) is 2.67. The second kappa shape index (κ2) is 8.13. The Balaban J connectivity index is 1.81. The molecule has 2 nitrogen and oxygen atoms in total. The molecule has 0 aromatic heterocycles. The molecule has 0 aliphatic heterocycles. The highest BCUT2D eigenvalue weighted by Crippen LogP contribution is 2.38. The van der Waals surface area contributed by atoms with Crippen LogP contribution >= 0.6 is 23.2 Å². The molecular formula is C22H20Cl2O2. The quantitative estimate of drug-likeness (QED) is 0.544. The Kier molecular flexibility index (Phi) is 5.87. The van der Waals surface area contributed by atoms with Crippen LogP contribution in [0.15, 0.2) is 72.8 Å². The Bertz CT molecular complexity index is 863. The minimum absolute atomic E-state index is 0.450. The first-order valence-electron chi connectivity index (χ1n) is 8.48. The van der Waals surface area contributed by atoms with E-state index >= 15 is 0 Å². The molecule has 3 rings (SSSR count). The van der Waals surface area contributed by atoms with E-state index in [0.717, 1.165) is 16.9 Å². The molecule has 1 atom stereocenters. The summed E-state index contributed by atoms with van der Waals surface area (Å²) < 4.78 is 5.81. The van der Waals surface area contributed by atoms with Crippen LogP contribution in [0.2, 0.25) is 10.0 Å². The molecule has 0 saturated heterocycles. The zero-order chi connectivity index (χ0) is 18.6. The predicted molar refractivity (Wildman–Crippen MR) is 107 cm³/mol. The lowest BCUT2D eigenvalue weighted by atomic mass is 9.84. The van der Waals surface area contributed by atoms with E-state index in [1.54, 1.807) is 18.2 Å². The monoisotopic (exact) mass is 386 g/mol. The summed E-state index contributed by atoms with van der Waals surface area (Å²) in [7, 11) is 0. The fourth-order valence-electron chi connectivity index (χ4n) is 2.94. The van der Waals surface area contributed by atoms with Crippen LogP contribution in [0.3, 0.4) is 0 Å². The number of halogens is 2. The van der Waals surface area contributed by atoms with Gasteiger partial charge in [-0.2, -0.15) is 0 Å². The van der Waals surface area contributed by atoms with Crippen molar-refractivity contribution in [1.82, 2.24) is 0 Å². The number of benzene rings is 3. The molecule has 4 heteroatoms. The first kappa shape index (κ1) is 18.8. The molecule has 0 amide bonds. The first-order chi connectivity index (χ1) is 12.5. The standard InChI is InChI=1S/C22H20Cl2O2/c1-2-22(25,20-13-10-18(23)14-21(20)24)17-8-11-19(12-9-17)26-15-16-6-4-3-5-7-16/h3-14,25H,2,15H2,1H3. The Labute approximate surface area is 164 Å². The molecule has 0 aliphatic carbocycles. The van der Waals surface area contributed by atoms with Crippen LogP contribution in [0.1, 0.15) is 30.0 Å². The number of aliphatic hydroxyl groups is 1. The SMILES string of the molecule is CCC(O)(c1ccc(OCc2ccccc2)cc1)c1ccc(Cl)cc1Cl. The molecule has 1 N–H and O–H groups in total. The summed E-state index contributed by atoms with van der Waals surface area (Å²) in [6, 6.07) is 22.6. The molecule has 0 spiro atoms. The van der Waals surface area contributed by atoms with Gasteiger partial charge in [0, 0.05) is 15.6 Å². The normalized spacial score (nSPS) is 13.2. The molecule has 26 heavy (non-hydrogen) atoms. The van der Waals surface area contributed by atoms with Crippen LogP contribution in [0.4, 0.5) is 0 Å². The van der Waals surface area contributed by atoms with Gasteiger partial charge in [0.25, 0.3) is 0 Å². The smallest absolute Gasteiger partial charge is 0.119 e. The van der Waals surface area contributed by atoms with Gasteiger partial charge < -0.3 is 9.84 Å². The molecule has 3 aromatic carbocycles. The molecule has 0 bridgehead atoms. The van der Waals surface area contributed by atoms with Crippen LogP contribution in [0.5, 0.6) is 5.75 Å². The van der Waals surface area contributed by atoms with E-state index in [9.17, 15) is 5.11 Å². The van der Waals surface area contributed by atoms with Gasteiger partial charge in [-0.05, 0) is 41.8 Å². The highest BCUT2D eigenvalue weighted by atomic mass is 35.5. The minimum Gasteiger partial charge on any atom is -0.489 e. The summed E-state index contributed by atoms with van der Waals surface area (Å²) >= 11 is 12.3. The lowest BCUT2D eigenvalue weighted by molar-refractivity contribution is 0.0766. The molecule has 0 fully saturated rings. The van der Waals surface area contributed by atoms with Crippen molar-refractivity contribution in [2.45, 2.75) is 25.6 Å². The molecule has 0 aliphatic rings. The predicted octanol–water partition coefficient (Wildman–Crippen LogP) is 6.22. The minimum atomic E-state index is -1.18. The Morgan fingerprint density at radius 3 is 2.23 bits per heavy atom.